The lowest BCUT2D eigenvalue weighted by Crippen LogP contribution is -2.22. The van der Waals surface area contributed by atoms with Crippen molar-refractivity contribution in [1.29, 1.82) is 5.26 Å². The third kappa shape index (κ3) is 3.88. The van der Waals surface area contributed by atoms with Gasteiger partial charge in [-0.1, -0.05) is 0 Å². The first-order valence-corrected chi connectivity index (χ1v) is 11.9. The van der Waals surface area contributed by atoms with Gasteiger partial charge in [-0.25, -0.2) is 0 Å². The fraction of sp³-hybridized carbons (Fsp3) is 0.269. The maximum atomic E-state index is 13.3. The summed E-state index contributed by atoms with van der Waals surface area (Å²) in [5.41, 5.74) is 3.53. The quantitative estimate of drug-likeness (QED) is 0.409. The van der Waals surface area contributed by atoms with E-state index in [1.807, 2.05) is 13.8 Å². The van der Waals surface area contributed by atoms with Crippen molar-refractivity contribution in [2.75, 3.05) is 11.9 Å². The molecule has 0 fully saturated rings. The molecule has 3 aromatic heterocycles. The Kier molecular flexibility index (Phi) is 5.72. The van der Waals surface area contributed by atoms with E-state index in [2.05, 4.69) is 11.4 Å². The summed E-state index contributed by atoms with van der Waals surface area (Å²) >= 11 is 1.44. The molecule has 0 bridgehead atoms. The van der Waals surface area contributed by atoms with Crippen LogP contribution in [0.3, 0.4) is 0 Å². The zero-order valence-electron chi connectivity index (χ0n) is 18.8. The molecular weight excluding hydrogens is 452 g/mol. The van der Waals surface area contributed by atoms with Gasteiger partial charge in [0.1, 0.15) is 16.7 Å². The maximum Gasteiger partial charge on any atom is 0.262 e. The van der Waals surface area contributed by atoms with Crippen LogP contribution in [-0.2, 0) is 17.6 Å². The topological polar surface area (TPSA) is 105 Å². The van der Waals surface area contributed by atoms with Crippen molar-refractivity contribution < 1.29 is 18.4 Å². The van der Waals surface area contributed by atoms with Crippen LogP contribution in [0.25, 0.3) is 22.5 Å². The van der Waals surface area contributed by atoms with Crippen molar-refractivity contribution in [2.45, 2.75) is 39.5 Å². The number of aryl methyl sites for hydroxylation is 3. The summed E-state index contributed by atoms with van der Waals surface area (Å²) in [6.07, 6.45) is 5.37. The summed E-state index contributed by atoms with van der Waals surface area (Å²) in [7, 11) is 0. The molecule has 0 saturated heterocycles. The minimum absolute atomic E-state index is 0.0909. The lowest BCUT2D eigenvalue weighted by molar-refractivity contribution is -0.118. The van der Waals surface area contributed by atoms with Gasteiger partial charge in [0.2, 0.25) is 16.9 Å². The number of amides is 1. The molecule has 0 atom stereocenters. The fourth-order valence-electron chi connectivity index (χ4n) is 4.21. The normalized spacial score (nSPS) is 12.9. The standard InChI is InChI=1S/C26H22N2O5S/c1-14-10-17-20(11-15(14)2)33-24(19-7-5-9-31-19)25(23(17)30)32-13-22(29)28-26-18(12-27)16-6-3-4-8-21(16)34-26/h5,7,9-11H,3-4,6,8,13H2,1-2H3,(H,28,29). The van der Waals surface area contributed by atoms with Crippen molar-refractivity contribution in [2.24, 2.45) is 0 Å². The van der Waals surface area contributed by atoms with E-state index in [4.69, 9.17) is 13.6 Å². The minimum Gasteiger partial charge on any atom is -0.476 e. The molecule has 1 aliphatic carbocycles. The van der Waals surface area contributed by atoms with Gasteiger partial charge in [0, 0.05) is 4.88 Å². The number of thiophene rings is 1. The number of nitriles is 1. The number of hydrogen-bond donors (Lipinski definition) is 1. The number of benzene rings is 1. The molecular formula is C26H22N2O5S. The number of fused-ring (bicyclic) bond motifs is 2. The first-order valence-electron chi connectivity index (χ1n) is 11.1. The van der Waals surface area contributed by atoms with E-state index in [9.17, 15) is 14.9 Å². The molecule has 0 radical (unpaired) electrons. The summed E-state index contributed by atoms with van der Waals surface area (Å²) in [6.45, 7) is 3.44. The van der Waals surface area contributed by atoms with E-state index in [1.165, 1.54) is 17.6 Å². The lowest BCUT2D eigenvalue weighted by Gasteiger charge is -2.11. The van der Waals surface area contributed by atoms with Crippen molar-refractivity contribution in [3.63, 3.8) is 0 Å². The van der Waals surface area contributed by atoms with Crippen LogP contribution in [0.1, 0.15) is 40.0 Å². The Balaban J connectivity index is 1.45. The summed E-state index contributed by atoms with van der Waals surface area (Å²) in [6, 6.07) is 9.12. The number of ether oxygens (including phenoxy) is 1. The second kappa shape index (κ2) is 8.84. The fourth-order valence-corrected chi connectivity index (χ4v) is 5.46. The highest BCUT2D eigenvalue weighted by molar-refractivity contribution is 7.16. The lowest BCUT2D eigenvalue weighted by atomic mass is 9.96. The van der Waals surface area contributed by atoms with Gasteiger partial charge in [-0.2, -0.15) is 5.26 Å². The van der Waals surface area contributed by atoms with E-state index < -0.39 is 12.5 Å². The average Bonchev–Trinajstić information content (AvgIpc) is 3.47. The zero-order chi connectivity index (χ0) is 23.8. The van der Waals surface area contributed by atoms with Crippen LogP contribution in [-0.4, -0.2) is 12.5 Å². The van der Waals surface area contributed by atoms with Gasteiger partial charge >= 0.3 is 0 Å². The van der Waals surface area contributed by atoms with Gasteiger partial charge in [-0.05, 0) is 80.5 Å². The number of hydrogen-bond acceptors (Lipinski definition) is 7. The summed E-state index contributed by atoms with van der Waals surface area (Å²) in [5.74, 6) is -0.0971. The molecule has 1 aromatic carbocycles. The SMILES string of the molecule is Cc1cc2oc(-c3ccco3)c(OCC(=O)Nc3sc4c(c3C#N)CCCC4)c(=O)c2cc1C. The van der Waals surface area contributed by atoms with Gasteiger partial charge in [0.25, 0.3) is 5.91 Å². The van der Waals surface area contributed by atoms with E-state index in [0.717, 1.165) is 47.3 Å². The highest BCUT2D eigenvalue weighted by Crippen LogP contribution is 2.38. The smallest absolute Gasteiger partial charge is 0.262 e. The van der Waals surface area contributed by atoms with Crippen LogP contribution in [0.15, 0.2) is 44.2 Å². The first-order chi connectivity index (χ1) is 16.5. The molecule has 4 aromatic rings. The number of rotatable bonds is 5. The molecule has 7 nitrogen and oxygen atoms in total. The molecule has 0 spiro atoms. The summed E-state index contributed by atoms with van der Waals surface area (Å²) < 4.78 is 17.2. The van der Waals surface area contributed by atoms with Gasteiger partial charge in [0.15, 0.2) is 12.4 Å². The molecule has 1 N–H and O–H groups in total. The number of carbonyl (C=O) groups excluding carboxylic acids is 1. The second-order valence-corrected chi connectivity index (χ2v) is 9.47. The van der Waals surface area contributed by atoms with E-state index in [0.29, 0.717) is 27.3 Å². The zero-order valence-corrected chi connectivity index (χ0v) is 19.6. The molecule has 172 valence electrons. The molecule has 8 heteroatoms. The number of nitrogens with one attached hydrogen (secondary N) is 1. The van der Waals surface area contributed by atoms with Crippen molar-refractivity contribution in [1.82, 2.24) is 0 Å². The van der Waals surface area contributed by atoms with Crippen molar-refractivity contribution in [3.05, 3.63) is 67.9 Å². The predicted octanol–water partition coefficient (Wildman–Crippen LogP) is 5.50. The summed E-state index contributed by atoms with van der Waals surface area (Å²) in [4.78, 5) is 27.2. The van der Waals surface area contributed by atoms with E-state index in [1.54, 1.807) is 24.3 Å². The van der Waals surface area contributed by atoms with Crippen LogP contribution in [0.4, 0.5) is 5.00 Å². The molecule has 0 unspecified atom stereocenters. The summed E-state index contributed by atoms with van der Waals surface area (Å²) in [5, 5.41) is 13.3. The van der Waals surface area contributed by atoms with Gasteiger partial charge in [-0.3, -0.25) is 9.59 Å². The Morgan fingerprint density at radius 2 is 2.03 bits per heavy atom. The number of nitrogens with zero attached hydrogens (tertiary/aromatic N) is 1. The Bertz CT molecular complexity index is 1510. The molecule has 1 amide bonds. The number of carbonyl (C=O) groups is 1. The highest BCUT2D eigenvalue weighted by atomic mass is 32.1. The molecule has 1 aliphatic rings. The minimum atomic E-state index is -0.458. The Labute approximate surface area is 199 Å². The third-order valence-electron chi connectivity index (χ3n) is 6.09. The van der Waals surface area contributed by atoms with Crippen molar-refractivity contribution >= 4 is 33.2 Å². The van der Waals surface area contributed by atoms with Crippen LogP contribution in [0.5, 0.6) is 5.75 Å². The Morgan fingerprint density at radius 3 is 2.79 bits per heavy atom. The highest BCUT2D eigenvalue weighted by Gasteiger charge is 2.24. The van der Waals surface area contributed by atoms with Crippen LogP contribution in [0, 0.1) is 25.2 Å². The molecule has 34 heavy (non-hydrogen) atoms. The van der Waals surface area contributed by atoms with Crippen LogP contribution >= 0.6 is 11.3 Å². The van der Waals surface area contributed by atoms with E-state index >= 15 is 0 Å². The molecule has 0 saturated carbocycles. The average molecular weight is 475 g/mol. The second-order valence-electron chi connectivity index (χ2n) is 8.36. The maximum absolute atomic E-state index is 13.3. The molecule has 5 rings (SSSR count). The van der Waals surface area contributed by atoms with Gasteiger partial charge in [0.05, 0.1) is 17.2 Å². The first kappa shape index (κ1) is 22.0. The number of anilines is 1. The van der Waals surface area contributed by atoms with Gasteiger partial charge in [-0.15, -0.1) is 11.3 Å². The molecule has 0 aliphatic heterocycles. The Morgan fingerprint density at radius 1 is 1.24 bits per heavy atom. The monoisotopic (exact) mass is 474 g/mol. The van der Waals surface area contributed by atoms with E-state index in [-0.39, 0.29) is 16.9 Å². The van der Waals surface area contributed by atoms with Crippen molar-refractivity contribution in [3.8, 4) is 23.3 Å². The van der Waals surface area contributed by atoms with Crippen LogP contribution < -0.4 is 15.5 Å². The number of furan rings is 1. The third-order valence-corrected chi connectivity index (χ3v) is 7.30. The predicted molar refractivity (Wildman–Crippen MR) is 129 cm³/mol. The largest absolute Gasteiger partial charge is 0.476 e. The Hall–Kier alpha value is -3.83. The van der Waals surface area contributed by atoms with Gasteiger partial charge < -0.3 is 18.9 Å². The molecule has 3 heterocycles. The van der Waals surface area contributed by atoms with Crippen LogP contribution in [0.2, 0.25) is 0 Å².